The number of hydrogen-bond donors (Lipinski definition) is 1. The summed E-state index contributed by atoms with van der Waals surface area (Å²) >= 11 is 12.2. The Balaban J connectivity index is 1.74. The first-order valence-corrected chi connectivity index (χ1v) is 13.6. The molecule has 0 bridgehead atoms. The van der Waals surface area contributed by atoms with Crippen molar-refractivity contribution in [3.8, 4) is 5.75 Å². The number of nitrogens with zero attached hydrogens (tertiary/aromatic N) is 3. The van der Waals surface area contributed by atoms with Crippen molar-refractivity contribution in [1.82, 2.24) is 14.7 Å². The van der Waals surface area contributed by atoms with Gasteiger partial charge < -0.3 is 14.7 Å². The highest BCUT2D eigenvalue weighted by Crippen LogP contribution is 2.39. The number of carbonyl (C=O) groups is 3. The third-order valence-corrected chi connectivity index (χ3v) is 7.64. The normalized spacial score (nSPS) is 17.0. The maximum atomic E-state index is 14.4. The summed E-state index contributed by atoms with van der Waals surface area (Å²) in [6.07, 6.45) is -3.96. The minimum atomic E-state index is -5.07. The highest BCUT2D eigenvalue weighted by atomic mass is 35.5. The van der Waals surface area contributed by atoms with E-state index in [1.165, 1.54) is 19.2 Å². The van der Waals surface area contributed by atoms with E-state index < -0.39 is 71.8 Å². The summed E-state index contributed by atoms with van der Waals surface area (Å²) < 4.78 is 77.1. The molecule has 43 heavy (non-hydrogen) atoms. The maximum Gasteiger partial charge on any atom is 0.433 e. The monoisotopic (exact) mass is 647 g/mol. The minimum Gasteiger partial charge on any atom is -0.496 e. The second-order valence-corrected chi connectivity index (χ2v) is 10.9. The Morgan fingerprint density at radius 3 is 2.23 bits per heavy atom. The van der Waals surface area contributed by atoms with E-state index in [1.54, 1.807) is 0 Å². The van der Waals surface area contributed by atoms with E-state index in [0.29, 0.717) is 21.8 Å². The zero-order valence-electron chi connectivity index (χ0n) is 22.4. The lowest BCUT2D eigenvalue weighted by Gasteiger charge is -2.28. The average molecular weight is 648 g/mol. The number of aliphatic carboxylic acids is 1. The zero-order chi connectivity index (χ0) is 31.6. The number of amides is 1. The van der Waals surface area contributed by atoms with Gasteiger partial charge in [0.1, 0.15) is 17.4 Å². The Morgan fingerprint density at radius 1 is 1.05 bits per heavy atom. The molecule has 1 aliphatic rings. The molecule has 0 saturated heterocycles. The molecule has 4 rings (SSSR count). The topological polar surface area (TPSA) is 102 Å². The predicted molar refractivity (Wildman–Crippen MR) is 144 cm³/mol. The Bertz CT molecular complexity index is 1530. The molecule has 0 radical (unpaired) electrons. The number of benzene rings is 2. The van der Waals surface area contributed by atoms with Gasteiger partial charge in [-0.25, -0.2) is 8.78 Å². The van der Waals surface area contributed by atoms with Gasteiger partial charge in [-0.3, -0.25) is 19.1 Å². The number of methoxy groups -OCH3 is 1. The van der Waals surface area contributed by atoms with Crippen LogP contribution in [0.3, 0.4) is 0 Å². The van der Waals surface area contributed by atoms with Crippen molar-refractivity contribution >= 4 is 40.9 Å². The van der Waals surface area contributed by atoms with Gasteiger partial charge >= 0.3 is 12.1 Å². The van der Waals surface area contributed by atoms with E-state index in [9.17, 15) is 41.4 Å². The summed E-state index contributed by atoms with van der Waals surface area (Å²) in [6.45, 7) is -1.51. The van der Waals surface area contributed by atoms with E-state index in [-0.39, 0.29) is 52.6 Å². The van der Waals surface area contributed by atoms with Crippen molar-refractivity contribution in [1.29, 1.82) is 0 Å². The van der Waals surface area contributed by atoms with Crippen molar-refractivity contribution in [2.75, 3.05) is 13.7 Å². The number of Topliss-reactive ketones (excluding diaryl/α,β-unsaturated/α-hetero) is 1. The van der Waals surface area contributed by atoms with Gasteiger partial charge in [-0.05, 0) is 55.5 Å². The molecule has 3 aromatic rings. The average Bonchev–Trinajstić information content (AvgIpc) is 3.37. The van der Waals surface area contributed by atoms with Crippen LogP contribution in [0.25, 0.3) is 0 Å². The van der Waals surface area contributed by atoms with Crippen LogP contribution in [0.15, 0.2) is 36.5 Å². The first-order valence-electron chi connectivity index (χ1n) is 12.9. The number of aromatic nitrogens is 2. The number of alkyl halides is 3. The number of carboxylic acid groups (broad SMARTS) is 1. The summed E-state index contributed by atoms with van der Waals surface area (Å²) in [5.74, 6) is -5.96. The summed E-state index contributed by atoms with van der Waals surface area (Å²) in [6, 6.07) is 4.00. The van der Waals surface area contributed by atoms with Crippen LogP contribution in [0.2, 0.25) is 10.0 Å². The number of ether oxygens (including phenoxy) is 1. The highest BCUT2D eigenvalue weighted by molar-refractivity contribution is 6.37. The molecule has 1 aromatic heterocycles. The van der Waals surface area contributed by atoms with Crippen LogP contribution in [-0.4, -0.2) is 51.1 Å². The molecule has 1 amide bonds. The maximum absolute atomic E-state index is 14.4. The molecule has 0 unspecified atom stereocenters. The molecule has 0 aliphatic heterocycles. The lowest BCUT2D eigenvalue weighted by Crippen LogP contribution is -2.37. The zero-order valence-corrected chi connectivity index (χ0v) is 23.9. The first kappa shape index (κ1) is 32.2. The fourth-order valence-electron chi connectivity index (χ4n) is 5.17. The first-order chi connectivity index (χ1) is 20.2. The van der Waals surface area contributed by atoms with Crippen LogP contribution >= 0.6 is 23.2 Å². The Morgan fingerprint density at radius 2 is 1.67 bits per heavy atom. The van der Waals surface area contributed by atoms with Crippen molar-refractivity contribution in [3.05, 3.63) is 80.6 Å². The number of rotatable bonds is 9. The highest BCUT2D eigenvalue weighted by Gasteiger charge is 2.43. The molecule has 1 heterocycles. The molecule has 0 spiro atoms. The quantitative estimate of drug-likeness (QED) is 0.202. The largest absolute Gasteiger partial charge is 0.496 e. The third kappa shape index (κ3) is 7.27. The summed E-state index contributed by atoms with van der Waals surface area (Å²) in [4.78, 5) is 39.2. The van der Waals surface area contributed by atoms with Gasteiger partial charge in [-0.1, -0.05) is 23.2 Å². The van der Waals surface area contributed by atoms with E-state index in [1.807, 2.05) is 0 Å². The fraction of sp³-hybridized carbons (Fsp3) is 0.357. The van der Waals surface area contributed by atoms with Gasteiger partial charge in [0, 0.05) is 17.6 Å². The van der Waals surface area contributed by atoms with Crippen molar-refractivity contribution in [2.45, 2.75) is 44.4 Å². The molecule has 1 aliphatic carbocycles. The SMILES string of the molecule is COc1cc(Cl)cc(Cl)c1C(=O)CN(Cc1cc(F)cc(F)c1)C(=O)c1cnn([C@H]2CC[C@H](C(=O)O)CC2)c1C(F)(F)F. The lowest BCUT2D eigenvalue weighted by atomic mass is 9.86. The van der Waals surface area contributed by atoms with Gasteiger partial charge in [0.15, 0.2) is 11.5 Å². The van der Waals surface area contributed by atoms with Gasteiger partial charge in [-0.2, -0.15) is 18.3 Å². The van der Waals surface area contributed by atoms with E-state index in [2.05, 4.69) is 5.10 Å². The molecule has 1 N–H and O–H groups in total. The Kier molecular flexibility index (Phi) is 9.65. The van der Waals surface area contributed by atoms with Crippen molar-refractivity contribution < 1.29 is 46.2 Å². The minimum absolute atomic E-state index is 0.0625. The van der Waals surface area contributed by atoms with Crippen LogP contribution in [-0.2, 0) is 17.5 Å². The summed E-state index contributed by atoms with van der Waals surface area (Å²) in [7, 11) is 1.23. The smallest absolute Gasteiger partial charge is 0.433 e. The molecular formula is C28H24Cl2F5N3O5. The molecule has 1 saturated carbocycles. The van der Waals surface area contributed by atoms with E-state index >= 15 is 0 Å². The van der Waals surface area contributed by atoms with Crippen LogP contribution in [0.1, 0.15) is 63.7 Å². The van der Waals surface area contributed by atoms with Crippen LogP contribution in [0, 0.1) is 17.6 Å². The van der Waals surface area contributed by atoms with Crippen molar-refractivity contribution in [2.24, 2.45) is 5.92 Å². The number of ketones is 1. The standard InChI is InChI=1S/C28H24Cl2F5N3O5/c1-43-23-9-16(29)8-21(30)24(23)22(39)13-37(12-14-6-17(31)10-18(32)7-14)26(40)20-11-36-38(25(20)28(33,34)35)19-4-2-15(3-5-19)27(41)42/h6-11,15,19H,2-5,12-13H2,1H3,(H,41,42)/t15-,19-. The lowest BCUT2D eigenvalue weighted by molar-refractivity contribution is -0.147. The fourth-order valence-corrected chi connectivity index (χ4v) is 5.75. The molecule has 2 aromatic carbocycles. The van der Waals surface area contributed by atoms with Crippen LogP contribution < -0.4 is 4.74 Å². The number of carbonyl (C=O) groups excluding carboxylic acids is 2. The van der Waals surface area contributed by atoms with Crippen molar-refractivity contribution in [3.63, 3.8) is 0 Å². The third-order valence-electron chi connectivity index (χ3n) is 7.12. The Labute approximate surface area is 251 Å². The second kappa shape index (κ2) is 12.9. The number of hydrogen-bond acceptors (Lipinski definition) is 5. The van der Waals surface area contributed by atoms with E-state index in [0.717, 1.165) is 12.1 Å². The Hall–Kier alpha value is -3.71. The van der Waals surface area contributed by atoms with Gasteiger partial charge in [-0.15, -0.1) is 0 Å². The molecule has 15 heteroatoms. The van der Waals surface area contributed by atoms with Crippen LogP contribution in [0.4, 0.5) is 22.0 Å². The van der Waals surface area contributed by atoms with E-state index in [4.69, 9.17) is 27.9 Å². The second-order valence-electron chi connectivity index (χ2n) is 10.0. The van der Waals surface area contributed by atoms with Crippen LogP contribution in [0.5, 0.6) is 5.75 Å². The molecule has 0 atom stereocenters. The molecule has 230 valence electrons. The summed E-state index contributed by atoms with van der Waals surface area (Å²) in [5.41, 5.74) is -2.63. The molecule has 8 nitrogen and oxygen atoms in total. The molecule has 1 fully saturated rings. The van der Waals surface area contributed by atoms with Gasteiger partial charge in [0.2, 0.25) is 0 Å². The predicted octanol–water partition coefficient (Wildman–Crippen LogP) is 6.84. The number of carboxylic acids is 1. The summed E-state index contributed by atoms with van der Waals surface area (Å²) in [5, 5.41) is 13.1. The molecular weight excluding hydrogens is 624 g/mol. The van der Waals surface area contributed by atoms with Gasteiger partial charge in [0.05, 0.1) is 48.0 Å². The van der Waals surface area contributed by atoms with Gasteiger partial charge in [0.25, 0.3) is 5.91 Å². The number of halogens is 7.